The van der Waals surface area contributed by atoms with Gasteiger partial charge in [-0.25, -0.2) is 0 Å². The van der Waals surface area contributed by atoms with Crippen LogP contribution >= 0.6 is 11.8 Å². The normalized spacial score (nSPS) is 20.5. The van der Waals surface area contributed by atoms with Crippen LogP contribution in [0.1, 0.15) is 5.56 Å². The Morgan fingerprint density at radius 2 is 1.92 bits per heavy atom. The van der Waals surface area contributed by atoms with E-state index >= 15 is 0 Å². The van der Waals surface area contributed by atoms with Crippen molar-refractivity contribution in [2.75, 3.05) is 47.4 Å². The van der Waals surface area contributed by atoms with Crippen molar-refractivity contribution in [1.29, 1.82) is 0 Å². The van der Waals surface area contributed by atoms with E-state index in [0.29, 0.717) is 10.7 Å². The van der Waals surface area contributed by atoms with E-state index < -0.39 is 0 Å². The van der Waals surface area contributed by atoms with Gasteiger partial charge in [-0.1, -0.05) is 0 Å². The zero-order chi connectivity index (χ0) is 17.1. The second-order valence-corrected chi connectivity index (χ2v) is 6.72. The highest BCUT2D eigenvalue weighted by Crippen LogP contribution is 2.33. The highest BCUT2D eigenvalue weighted by Gasteiger charge is 2.28. The topological polar surface area (TPSA) is 54.4 Å². The maximum atomic E-state index is 12.3. The lowest BCUT2D eigenvalue weighted by atomic mass is 10.1. The molecular formula is C17H21N3O3S. The summed E-state index contributed by atoms with van der Waals surface area (Å²) >= 11 is 1.43. The number of ether oxygens (including phenoxy) is 2. The van der Waals surface area contributed by atoms with Crippen molar-refractivity contribution < 1.29 is 14.3 Å². The molecule has 0 atom stereocenters. The summed E-state index contributed by atoms with van der Waals surface area (Å²) in [5, 5.41) is 0.793. The predicted octanol–water partition coefficient (Wildman–Crippen LogP) is 1.92. The molecule has 1 saturated heterocycles. The summed E-state index contributed by atoms with van der Waals surface area (Å²) < 4.78 is 10.6. The molecule has 0 spiro atoms. The van der Waals surface area contributed by atoms with Gasteiger partial charge >= 0.3 is 0 Å². The number of aliphatic imine (C=N–C) groups is 1. The highest BCUT2D eigenvalue weighted by atomic mass is 32.2. The van der Waals surface area contributed by atoms with Gasteiger partial charge in [0, 0.05) is 31.7 Å². The molecule has 1 aromatic rings. The van der Waals surface area contributed by atoms with Crippen molar-refractivity contribution >= 4 is 28.9 Å². The van der Waals surface area contributed by atoms with Crippen molar-refractivity contribution in [2.45, 2.75) is 0 Å². The van der Waals surface area contributed by atoms with Gasteiger partial charge in [-0.15, -0.1) is 0 Å². The number of rotatable bonds is 3. The van der Waals surface area contributed by atoms with Gasteiger partial charge in [0.05, 0.1) is 19.1 Å². The van der Waals surface area contributed by atoms with Gasteiger partial charge in [0.25, 0.3) is 5.91 Å². The molecule has 0 N–H and O–H groups in total. The third-order valence-electron chi connectivity index (χ3n) is 4.11. The first kappa shape index (κ1) is 16.9. The summed E-state index contributed by atoms with van der Waals surface area (Å²) in [6.45, 7) is 3.75. The molecule has 1 amide bonds. The van der Waals surface area contributed by atoms with Gasteiger partial charge in [0.1, 0.15) is 11.5 Å². The number of piperazine rings is 1. The van der Waals surface area contributed by atoms with Crippen molar-refractivity contribution in [3.8, 4) is 11.5 Å². The fourth-order valence-electron chi connectivity index (χ4n) is 2.62. The predicted molar refractivity (Wildman–Crippen MR) is 96.6 cm³/mol. The van der Waals surface area contributed by atoms with Crippen molar-refractivity contribution in [2.24, 2.45) is 4.99 Å². The number of carbonyl (C=O) groups excluding carboxylic acids is 1. The third-order valence-corrected chi connectivity index (χ3v) is 5.15. The Morgan fingerprint density at radius 1 is 1.17 bits per heavy atom. The van der Waals surface area contributed by atoms with E-state index in [4.69, 9.17) is 9.47 Å². The standard InChI is InChI=1S/C17H21N3O3S/c1-19-6-8-20(9-7-19)17-18-16(21)15(24-17)11-12-10-13(22-2)4-5-14(12)23-3/h4-5,10-11H,6-9H2,1-3H3/b15-11+. The Bertz CT molecular complexity index is 694. The first-order valence-electron chi connectivity index (χ1n) is 7.79. The molecule has 0 radical (unpaired) electrons. The first-order chi connectivity index (χ1) is 11.6. The Labute approximate surface area is 146 Å². The molecule has 0 aromatic heterocycles. The zero-order valence-electron chi connectivity index (χ0n) is 14.1. The van der Waals surface area contributed by atoms with E-state index in [1.165, 1.54) is 11.8 Å². The Kier molecular flexibility index (Phi) is 5.11. The van der Waals surface area contributed by atoms with Crippen molar-refractivity contribution in [3.63, 3.8) is 0 Å². The number of carbonyl (C=O) groups is 1. The summed E-state index contributed by atoms with van der Waals surface area (Å²) in [5.41, 5.74) is 0.808. The molecule has 0 saturated carbocycles. The SMILES string of the molecule is COc1ccc(OC)c(/C=C2/SC(N3CCN(C)CC3)=NC2=O)c1. The molecule has 6 nitrogen and oxygen atoms in total. The minimum atomic E-state index is -0.196. The van der Waals surface area contributed by atoms with Gasteiger partial charge in [0.2, 0.25) is 0 Å². The second kappa shape index (κ2) is 7.27. The van der Waals surface area contributed by atoms with Gasteiger partial charge in [-0.2, -0.15) is 4.99 Å². The second-order valence-electron chi connectivity index (χ2n) is 5.71. The minimum Gasteiger partial charge on any atom is -0.497 e. The molecule has 0 bridgehead atoms. The van der Waals surface area contributed by atoms with Gasteiger partial charge < -0.3 is 19.3 Å². The molecule has 1 fully saturated rings. The van der Waals surface area contributed by atoms with E-state index in [-0.39, 0.29) is 5.91 Å². The van der Waals surface area contributed by atoms with E-state index in [0.717, 1.165) is 42.7 Å². The number of methoxy groups -OCH3 is 2. The van der Waals surface area contributed by atoms with Crippen LogP contribution < -0.4 is 9.47 Å². The summed E-state index contributed by atoms with van der Waals surface area (Å²) in [5.74, 6) is 1.22. The highest BCUT2D eigenvalue weighted by molar-refractivity contribution is 8.18. The number of amides is 1. The van der Waals surface area contributed by atoms with E-state index in [9.17, 15) is 4.79 Å². The number of likely N-dealkylation sites (N-methyl/N-ethyl adjacent to an activating group) is 1. The third kappa shape index (κ3) is 3.57. The monoisotopic (exact) mass is 347 g/mol. The lowest BCUT2D eigenvalue weighted by Gasteiger charge is -2.32. The van der Waals surface area contributed by atoms with Crippen LogP contribution in [0.25, 0.3) is 6.08 Å². The molecule has 128 valence electrons. The number of amidine groups is 1. The molecule has 7 heteroatoms. The first-order valence-corrected chi connectivity index (χ1v) is 8.60. The van der Waals surface area contributed by atoms with Gasteiger partial charge in [-0.3, -0.25) is 4.79 Å². The van der Waals surface area contributed by atoms with Crippen LogP contribution in [0, 0.1) is 0 Å². The van der Waals surface area contributed by atoms with E-state index in [2.05, 4.69) is 21.8 Å². The van der Waals surface area contributed by atoms with Crippen LogP contribution in [0.2, 0.25) is 0 Å². The van der Waals surface area contributed by atoms with Gasteiger partial charge in [-0.05, 0) is 43.1 Å². The largest absolute Gasteiger partial charge is 0.497 e. The lowest BCUT2D eigenvalue weighted by molar-refractivity contribution is -0.113. The number of hydrogen-bond acceptors (Lipinski definition) is 6. The minimum absolute atomic E-state index is 0.196. The van der Waals surface area contributed by atoms with Crippen molar-refractivity contribution in [3.05, 3.63) is 28.7 Å². The molecule has 3 rings (SSSR count). The zero-order valence-corrected chi connectivity index (χ0v) is 14.9. The number of thioether (sulfide) groups is 1. The van der Waals surface area contributed by atoms with Crippen LogP contribution in [-0.4, -0.2) is 68.3 Å². The Hall–Kier alpha value is -1.99. The Morgan fingerprint density at radius 3 is 2.58 bits per heavy atom. The molecule has 2 heterocycles. The Balaban J connectivity index is 1.79. The van der Waals surface area contributed by atoms with Crippen LogP contribution in [0.3, 0.4) is 0 Å². The van der Waals surface area contributed by atoms with Gasteiger partial charge in [0.15, 0.2) is 5.17 Å². The number of hydrogen-bond donors (Lipinski definition) is 0. The van der Waals surface area contributed by atoms with E-state index in [1.54, 1.807) is 14.2 Å². The van der Waals surface area contributed by atoms with E-state index in [1.807, 2.05) is 24.3 Å². The van der Waals surface area contributed by atoms with Crippen LogP contribution in [0.4, 0.5) is 0 Å². The smallest absolute Gasteiger partial charge is 0.286 e. The van der Waals surface area contributed by atoms with Crippen LogP contribution in [-0.2, 0) is 4.79 Å². The van der Waals surface area contributed by atoms with Crippen LogP contribution in [0.15, 0.2) is 28.1 Å². The molecule has 0 unspecified atom stereocenters. The quantitative estimate of drug-likeness (QED) is 0.779. The maximum Gasteiger partial charge on any atom is 0.286 e. The molecular weight excluding hydrogens is 326 g/mol. The molecule has 24 heavy (non-hydrogen) atoms. The van der Waals surface area contributed by atoms with Crippen LogP contribution in [0.5, 0.6) is 11.5 Å². The summed E-state index contributed by atoms with van der Waals surface area (Å²) in [4.78, 5) is 21.5. The fraction of sp³-hybridized carbons (Fsp3) is 0.412. The molecule has 2 aliphatic heterocycles. The number of benzene rings is 1. The summed E-state index contributed by atoms with van der Waals surface area (Å²) in [6.07, 6.45) is 1.82. The average molecular weight is 347 g/mol. The number of nitrogens with zero attached hydrogens (tertiary/aromatic N) is 3. The summed E-state index contributed by atoms with van der Waals surface area (Å²) in [7, 11) is 5.33. The average Bonchev–Trinajstić information content (AvgIpc) is 2.96. The molecule has 0 aliphatic carbocycles. The molecule has 2 aliphatic rings. The maximum absolute atomic E-state index is 12.3. The van der Waals surface area contributed by atoms with Crippen molar-refractivity contribution in [1.82, 2.24) is 9.80 Å². The summed E-state index contributed by atoms with van der Waals surface area (Å²) in [6, 6.07) is 5.52. The molecule has 1 aromatic carbocycles. The lowest BCUT2D eigenvalue weighted by Crippen LogP contribution is -2.46. The fourth-order valence-corrected chi connectivity index (χ4v) is 3.58.